The molecule has 6 heteroatoms. The molecular formula is C20H22N2O4. The number of carbonyl (C=O) groups is 1. The Morgan fingerprint density at radius 3 is 2.77 bits per heavy atom. The molecule has 0 fully saturated rings. The number of aromatic carboxylic acids is 1. The summed E-state index contributed by atoms with van der Waals surface area (Å²) >= 11 is 0. The summed E-state index contributed by atoms with van der Waals surface area (Å²) in [6.45, 7) is 6.07. The number of fused-ring (bicyclic) bond motifs is 1. The number of para-hydroxylation sites is 1. The number of benzene rings is 2. The molecule has 1 N–H and O–H groups in total. The first-order valence-electron chi connectivity index (χ1n) is 8.58. The first kappa shape index (κ1) is 17.9. The second-order valence-corrected chi connectivity index (χ2v) is 5.94. The SMILES string of the molecule is CCOCCn1c(COc2ccccc2C)nc2cc(C(=O)O)ccc21. The summed E-state index contributed by atoms with van der Waals surface area (Å²) in [6.07, 6.45) is 0. The zero-order valence-electron chi connectivity index (χ0n) is 14.9. The largest absolute Gasteiger partial charge is 0.485 e. The Morgan fingerprint density at radius 2 is 2.04 bits per heavy atom. The molecule has 1 aromatic heterocycles. The lowest BCUT2D eigenvalue weighted by molar-refractivity contribution is 0.0697. The van der Waals surface area contributed by atoms with Gasteiger partial charge in [0.1, 0.15) is 18.2 Å². The highest BCUT2D eigenvalue weighted by Crippen LogP contribution is 2.21. The smallest absolute Gasteiger partial charge is 0.335 e. The number of nitrogens with zero attached hydrogens (tertiary/aromatic N) is 2. The molecule has 0 aliphatic rings. The van der Waals surface area contributed by atoms with Gasteiger partial charge in [-0.25, -0.2) is 9.78 Å². The van der Waals surface area contributed by atoms with Gasteiger partial charge in [0.25, 0.3) is 0 Å². The number of carboxylic acid groups (broad SMARTS) is 1. The molecule has 3 aromatic rings. The molecule has 3 rings (SSSR count). The predicted molar refractivity (Wildman–Crippen MR) is 98.7 cm³/mol. The van der Waals surface area contributed by atoms with E-state index >= 15 is 0 Å². The van der Waals surface area contributed by atoms with Gasteiger partial charge in [-0.15, -0.1) is 0 Å². The minimum absolute atomic E-state index is 0.221. The van der Waals surface area contributed by atoms with Crippen molar-refractivity contribution in [2.75, 3.05) is 13.2 Å². The lowest BCUT2D eigenvalue weighted by Crippen LogP contribution is -2.11. The van der Waals surface area contributed by atoms with Crippen LogP contribution in [0, 0.1) is 6.92 Å². The van der Waals surface area contributed by atoms with Gasteiger partial charge >= 0.3 is 5.97 Å². The van der Waals surface area contributed by atoms with Crippen molar-refractivity contribution in [3.05, 3.63) is 59.4 Å². The minimum Gasteiger partial charge on any atom is -0.485 e. The zero-order valence-corrected chi connectivity index (χ0v) is 14.9. The third kappa shape index (κ3) is 3.86. The normalized spacial score (nSPS) is 11.0. The average Bonchev–Trinajstić information content (AvgIpc) is 2.98. The first-order valence-corrected chi connectivity index (χ1v) is 8.58. The van der Waals surface area contributed by atoms with E-state index in [1.165, 1.54) is 0 Å². The summed E-state index contributed by atoms with van der Waals surface area (Å²) in [5.74, 6) is 0.584. The molecule has 1 heterocycles. The van der Waals surface area contributed by atoms with E-state index < -0.39 is 5.97 Å². The van der Waals surface area contributed by atoms with E-state index in [9.17, 15) is 9.90 Å². The fourth-order valence-electron chi connectivity index (χ4n) is 2.83. The summed E-state index contributed by atoms with van der Waals surface area (Å²) in [4.78, 5) is 15.8. The van der Waals surface area contributed by atoms with Gasteiger partial charge in [-0.1, -0.05) is 18.2 Å². The van der Waals surface area contributed by atoms with Gasteiger partial charge in [0.15, 0.2) is 0 Å². The number of rotatable bonds is 8. The van der Waals surface area contributed by atoms with Gasteiger partial charge in [-0.2, -0.15) is 0 Å². The topological polar surface area (TPSA) is 73.6 Å². The Hall–Kier alpha value is -2.86. The Morgan fingerprint density at radius 1 is 1.23 bits per heavy atom. The summed E-state index contributed by atoms with van der Waals surface area (Å²) in [6, 6.07) is 12.8. The van der Waals surface area contributed by atoms with Crippen molar-refractivity contribution in [3.8, 4) is 5.75 Å². The molecule has 2 aromatic carbocycles. The standard InChI is InChI=1S/C20H22N2O4/c1-3-25-11-10-22-17-9-8-15(20(23)24)12-16(17)21-19(22)13-26-18-7-5-4-6-14(18)2/h4-9,12H,3,10-11,13H2,1-2H3,(H,23,24). The third-order valence-electron chi connectivity index (χ3n) is 4.19. The quantitative estimate of drug-likeness (QED) is 0.625. The average molecular weight is 354 g/mol. The zero-order chi connectivity index (χ0) is 18.5. The lowest BCUT2D eigenvalue weighted by Gasteiger charge is -2.11. The van der Waals surface area contributed by atoms with Gasteiger partial charge in [0, 0.05) is 13.2 Å². The maximum absolute atomic E-state index is 11.2. The molecule has 0 bridgehead atoms. The lowest BCUT2D eigenvalue weighted by atomic mass is 10.2. The van der Waals surface area contributed by atoms with Crippen molar-refractivity contribution >= 4 is 17.0 Å². The molecule has 0 radical (unpaired) electrons. The Kier molecular flexibility index (Phi) is 5.53. The second-order valence-electron chi connectivity index (χ2n) is 5.94. The van der Waals surface area contributed by atoms with Crippen molar-refractivity contribution in [2.45, 2.75) is 27.0 Å². The van der Waals surface area contributed by atoms with Crippen LogP contribution in [0.4, 0.5) is 0 Å². The number of aromatic nitrogens is 2. The Bertz CT molecular complexity index is 917. The van der Waals surface area contributed by atoms with Crippen LogP contribution in [0.25, 0.3) is 11.0 Å². The van der Waals surface area contributed by atoms with Crippen LogP contribution < -0.4 is 4.74 Å². The molecule has 0 aliphatic heterocycles. The minimum atomic E-state index is -0.964. The van der Waals surface area contributed by atoms with Gasteiger partial charge in [0.05, 0.1) is 23.2 Å². The number of hydrogen-bond donors (Lipinski definition) is 1. The van der Waals surface area contributed by atoms with Crippen LogP contribution in [-0.2, 0) is 17.9 Å². The summed E-state index contributed by atoms with van der Waals surface area (Å²) in [5, 5.41) is 9.20. The maximum Gasteiger partial charge on any atom is 0.335 e. The third-order valence-corrected chi connectivity index (χ3v) is 4.19. The molecule has 136 valence electrons. The Labute approximate surface area is 152 Å². The van der Waals surface area contributed by atoms with Gasteiger partial charge in [0.2, 0.25) is 0 Å². The van der Waals surface area contributed by atoms with Crippen LogP contribution in [0.5, 0.6) is 5.75 Å². The van der Waals surface area contributed by atoms with Crippen LogP contribution >= 0.6 is 0 Å². The molecule has 0 unspecified atom stereocenters. The fraction of sp³-hybridized carbons (Fsp3) is 0.300. The van der Waals surface area contributed by atoms with Crippen LogP contribution in [0.3, 0.4) is 0 Å². The van der Waals surface area contributed by atoms with E-state index in [1.807, 2.05) is 42.7 Å². The number of ether oxygens (including phenoxy) is 2. The van der Waals surface area contributed by atoms with E-state index in [1.54, 1.807) is 18.2 Å². The molecule has 0 saturated heterocycles. The molecule has 26 heavy (non-hydrogen) atoms. The van der Waals surface area contributed by atoms with Crippen LogP contribution in [0.2, 0.25) is 0 Å². The second kappa shape index (κ2) is 8.01. The summed E-state index contributed by atoms with van der Waals surface area (Å²) < 4.78 is 13.4. The highest BCUT2D eigenvalue weighted by molar-refractivity contribution is 5.92. The molecular weight excluding hydrogens is 332 g/mol. The highest BCUT2D eigenvalue weighted by atomic mass is 16.5. The molecule has 0 amide bonds. The number of imidazole rings is 1. The molecule has 0 aliphatic carbocycles. The van der Waals surface area contributed by atoms with E-state index in [0.717, 1.165) is 22.7 Å². The monoisotopic (exact) mass is 354 g/mol. The van der Waals surface area contributed by atoms with Crippen molar-refractivity contribution in [3.63, 3.8) is 0 Å². The molecule has 0 spiro atoms. The molecule has 6 nitrogen and oxygen atoms in total. The van der Waals surface area contributed by atoms with Crippen molar-refractivity contribution < 1.29 is 19.4 Å². The van der Waals surface area contributed by atoms with Gasteiger partial charge in [-0.3, -0.25) is 0 Å². The first-order chi connectivity index (χ1) is 12.6. The summed E-state index contributed by atoms with van der Waals surface area (Å²) in [7, 11) is 0. The van der Waals surface area contributed by atoms with Crippen LogP contribution in [0.1, 0.15) is 28.7 Å². The maximum atomic E-state index is 11.2. The molecule has 0 saturated carbocycles. The van der Waals surface area contributed by atoms with Crippen molar-refractivity contribution in [1.29, 1.82) is 0 Å². The van der Waals surface area contributed by atoms with Gasteiger partial charge < -0.3 is 19.1 Å². The van der Waals surface area contributed by atoms with E-state index in [2.05, 4.69) is 4.98 Å². The van der Waals surface area contributed by atoms with E-state index in [0.29, 0.717) is 31.9 Å². The summed E-state index contributed by atoms with van der Waals surface area (Å²) in [5.41, 5.74) is 2.79. The highest BCUT2D eigenvalue weighted by Gasteiger charge is 2.14. The van der Waals surface area contributed by atoms with Crippen LogP contribution in [0.15, 0.2) is 42.5 Å². The Balaban J connectivity index is 1.91. The van der Waals surface area contributed by atoms with Gasteiger partial charge in [-0.05, 0) is 43.7 Å². The number of carboxylic acids is 1. The number of aryl methyl sites for hydroxylation is 1. The van der Waals surface area contributed by atoms with Crippen molar-refractivity contribution in [1.82, 2.24) is 9.55 Å². The van der Waals surface area contributed by atoms with E-state index in [-0.39, 0.29) is 5.56 Å². The fourth-order valence-corrected chi connectivity index (χ4v) is 2.83. The number of hydrogen-bond acceptors (Lipinski definition) is 4. The molecule has 0 atom stereocenters. The predicted octanol–water partition coefficient (Wildman–Crippen LogP) is 3.66. The van der Waals surface area contributed by atoms with E-state index in [4.69, 9.17) is 9.47 Å². The van der Waals surface area contributed by atoms with Crippen molar-refractivity contribution in [2.24, 2.45) is 0 Å². The van der Waals surface area contributed by atoms with Crippen LogP contribution in [-0.4, -0.2) is 33.8 Å².